The Hall–Kier alpha value is -0.960. The number of amides is 1. The van der Waals surface area contributed by atoms with E-state index in [9.17, 15) is 4.79 Å². The second-order valence-corrected chi connectivity index (χ2v) is 5.87. The Morgan fingerprint density at radius 2 is 1.94 bits per heavy atom. The summed E-state index contributed by atoms with van der Waals surface area (Å²) in [7, 11) is 0. The fourth-order valence-corrected chi connectivity index (χ4v) is 3.65. The third-order valence-corrected chi connectivity index (χ3v) is 4.53. The van der Waals surface area contributed by atoms with Crippen molar-refractivity contribution in [1.82, 2.24) is 5.32 Å². The van der Waals surface area contributed by atoms with Crippen LogP contribution in [0.3, 0.4) is 0 Å². The lowest BCUT2D eigenvalue weighted by Crippen LogP contribution is -2.42. The third kappa shape index (κ3) is 3.77. The molecule has 0 unspecified atom stereocenters. The number of benzene rings is 1. The molecule has 1 aromatic carbocycles. The highest BCUT2D eigenvalue weighted by Gasteiger charge is 2.26. The Morgan fingerprint density at radius 3 is 2.65 bits per heavy atom. The molecule has 0 aromatic heterocycles. The molecular formula is C14H19NOS. The van der Waals surface area contributed by atoms with Crippen LogP contribution in [0, 0.1) is 0 Å². The molecule has 2 nitrogen and oxygen atoms in total. The molecule has 1 aromatic rings. The predicted molar refractivity (Wildman–Crippen MR) is 72.2 cm³/mol. The molecule has 0 bridgehead atoms. The van der Waals surface area contributed by atoms with Crippen molar-refractivity contribution < 1.29 is 4.79 Å². The van der Waals surface area contributed by atoms with E-state index in [1.54, 1.807) is 6.92 Å². The molecule has 2 atom stereocenters. The van der Waals surface area contributed by atoms with Gasteiger partial charge in [-0.15, -0.1) is 11.8 Å². The van der Waals surface area contributed by atoms with E-state index in [2.05, 4.69) is 29.6 Å². The second-order valence-electron chi connectivity index (χ2n) is 4.56. The van der Waals surface area contributed by atoms with Crippen LogP contribution < -0.4 is 5.32 Å². The molecule has 0 saturated heterocycles. The zero-order valence-corrected chi connectivity index (χ0v) is 11.0. The van der Waals surface area contributed by atoms with Crippen LogP contribution in [-0.2, 0) is 4.79 Å². The first-order valence-corrected chi connectivity index (χ1v) is 7.12. The van der Waals surface area contributed by atoms with Crippen molar-refractivity contribution in [2.75, 3.05) is 0 Å². The molecule has 0 radical (unpaired) electrons. The van der Waals surface area contributed by atoms with Crippen LogP contribution in [0.1, 0.15) is 32.6 Å². The van der Waals surface area contributed by atoms with Gasteiger partial charge in [0, 0.05) is 23.1 Å². The molecule has 1 N–H and O–H groups in total. The third-order valence-electron chi connectivity index (χ3n) is 3.12. The van der Waals surface area contributed by atoms with Gasteiger partial charge in [0.15, 0.2) is 0 Å². The number of hydrogen-bond donors (Lipinski definition) is 1. The van der Waals surface area contributed by atoms with Crippen LogP contribution in [0.2, 0.25) is 0 Å². The van der Waals surface area contributed by atoms with Crippen molar-refractivity contribution in [3.8, 4) is 0 Å². The zero-order chi connectivity index (χ0) is 12.1. The normalized spacial score (nSPS) is 24.3. The standard InChI is InChI=1S/C14H19NOS/c1-11(16)15-13-9-5-6-10-14(13)17-12-7-3-2-4-8-12/h2-4,7-8,13-14H,5-6,9-10H2,1H3,(H,15,16)/t13-,14-/m1/s1. The molecular weight excluding hydrogens is 230 g/mol. The second kappa shape index (κ2) is 6.10. The lowest BCUT2D eigenvalue weighted by Gasteiger charge is -2.31. The molecule has 1 aliphatic rings. The van der Waals surface area contributed by atoms with Gasteiger partial charge in [-0.25, -0.2) is 0 Å². The minimum Gasteiger partial charge on any atom is -0.352 e. The van der Waals surface area contributed by atoms with Gasteiger partial charge in [0.05, 0.1) is 0 Å². The Labute approximate surface area is 107 Å². The summed E-state index contributed by atoms with van der Waals surface area (Å²) in [6.45, 7) is 1.61. The number of hydrogen-bond acceptors (Lipinski definition) is 2. The molecule has 0 heterocycles. The molecule has 1 aliphatic carbocycles. The number of carbonyl (C=O) groups excluding carboxylic acids is 1. The maximum atomic E-state index is 11.2. The fourth-order valence-electron chi connectivity index (χ4n) is 2.34. The van der Waals surface area contributed by atoms with Gasteiger partial charge in [-0.3, -0.25) is 4.79 Å². The van der Waals surface area contributed by atoms with Crippen molar-refractivity contribution in [3.05, 3.63) is 30.3 Å². The van der Waals surface area contributed by atoms with Crippen LogP contribution >= 0.6 is 11.8 Å². The van der Waals surface area contributed by atoms with Crippen LogP contribution in [-0.4, -0.2) is 17.2 Å². The van der Waals surface area contributed by atoms with Crippen LogP contribution in [0.5, 0.6) is 0 Å². The number of thioether (sulfide) groups is 1. The molecule has 1 fully saturated rings. The van der Waals surface area contributed by atoms with Gasteiger partial charge in [0.25, 0.3) is 0 Å². The molecule has 1 amide bonds. The summed E-state index contributed by atoms with van der Waals surface area (Å²) in [5, 5.41) is 3.62. The summed E-state index contributed by atoms with van der Waals surface area (Å²) >= 11 is 1.90. The van der Waals surface area contributed by atoms with Gasteiger partial charge >= 0.3 is 0 Å². The van der Waals surface area contributed by atoms with Crippen molar-refractivity contribution >= 4 is 17.7 Å². The van der Waals surface area contributed by atoms with Crippen LogP contribution in [0.4, 0.5) is 0 Å². The van der Waals surface area contributed by atoms with E-state index in [0.29, 0.717) is 11.3 Å². The Bertz CT molecular complexity index is 366. The lowest BCUT2D eigenvalue weighted by molar-refractivity contribution is -0.119. The van der Waals surface area contributed by atoms with E-state index in [4.69, 9.17) is 0 Å². The number of rotatable bonds is 3. The topological polar surface area (TPSA) is 29.1 Å². The minimum atomic E-state index is 0.0931. The molecule has 17 heavy (non-hydrogen) atoms. The smallest absolute Gasteiger partial charge is 0.217 e. The summed E-state index contributed by atoms with van der Waals surface area (Å²) in [4.78, 5) is 12.5. The van der Waals surface area contributed by atoms with E-state index < -0.39 is 0 Å². The fraction of sp³-hybridized carbons (Fsp3) is 0.500. The minimum absolute atomic E-state index is 0.0931. The zero-order valence-electron chi connectivity index (χ0n) is 10.2. The SMILES string of the molecule is CC(=O)N[C@@H]1CCCC[C@H]1Sc1ccccc1. The van der Waals surface area contributed by atoms with Gasteiger partial charge in [0.1, 0.15) is 0 Å². The largest absolute Gasteiger partial charge is 0.352 e. The maximum Gasteiger partial charge on any atom is 0.217 e. The first-order valence-electron chi connectivity index (χ1n) is 6.24. The van der Waals surface area contributed by atoms with Gasteiger partial charge < -0.3 is 5.32 Å². The summed E-state index contributed by atoms with van der Waals surface area (Å²) in [5.74, 6) is 0.0931. The summed E-state index contributed by atoms with van der Waals surface area (Å²) in [6, 6.07) is 10.8. The monoisotopic (exact) mass is 249 g/mol. The first-order chi connectivity index (χ1) is 8.25. The van der Waals surface area contributed by atoms with E-state index >= 15 is 0 Å². The van der Waals surface area contributed by atoms with Crippen molar-refractivity contribution in [2.24, 2.45) is 0 Å². The summed E-state index contributed by atoms with van der Waals surface area (Å²) < 4.78 is 0. The average molecular weight is 249 g/mol. The summed E-state index contributed by atoms with van der Waals surface area (Å²) in [6.07, 6.45) is 4.83. The molecule has 1 saturated carbocycles. The Balaban J connectivity index is 1.99. The first kappa shape index (κ1) is 12.5. The predicted octanol–water partition coefficient (Wildman–Crippen LogP) is 3.23. The number of carbonyl (C=O) groups is 1. The highest BCUT2D eigenvalue weighted by Crippen LogP contribution is 2.33. The molecule has 0 spiro atoms. The van der Waals surface area contributed by atoms with E-state index in [0.717, 1.165) is 6.42 Å². The van der Waals surface area contributed by atoms with E-state index in [1.807, 2.05) is 17.8 Å². The van der Waals surface area contributed by atoms with Gasteiger partial charge in [-0.1, -0.05) is 31.0 Å². The number of nitrogens with one attached hydrogen (secondary N) is 1. The highest BCUT2D eigenvalue weighted by molar-refractivity contribution is 8.00. The molecule has 0 aliphatic heterocycles. The Kier molecular flexibility index (Phi) is 4.49. The van der Waals surface area contributed by atoms with Gasteiger partial charge in [-0.05, 0) is 25.0 Å². The van der Waals surface area contributed by atoms with Crippen molar-refractivity contribution in [2.45, 2.75) is 48.8 Å². The Morgan fingerprint density at radius 1 is 1.24 bits per heavy atom. The van der Waals surface area contributed by atoms with Gasteiger partial charge in [-0.2, -0.15) is 0 Å². The van der Waals surface area contributed by atoms with E-state index in [-0.39, 0.29) is 5.91 Å². The molecule has 3 heteroatoms. The van der Waals surface area contributed by atoms with Gasteiger partial charge in [0.2, 0.25) is 5.91 Å². The molecule has 2 rings (SSSR count). The van der Waals surface area contributed by atoms with Crippen LogP contribution in [0.25, 0.3) is 0 Å². The maximum absolute atomic E-state index is 11.2. The molecule has 92 valence electrons. The van der Waals surface area contributed by atoms with Crippen LogP contribution in [0.15, 0.2) is 35.2 Å². The van der Waals surface area contributed by atoms with Crippen molar-refractivity contribution in [3.63, 3.8) is 0 Å². The van der Waals surface area contributed by atoms with Crippen molar-refractivity contribution in [1.29, 1.82) is 0 Å². The highest BCUT2D eigenvalue weighted by atomic mass is 32.2. The quantitative estimate of drug-likeness (QED) is 0.891. The lowest BCUT2D eigenvalue weighted by atomic mass is 9.95. The van der Waals surface area contributed by atoms with E-state index in [1.165, 1.54) is 24.2 Å². The average Bonchev–Trinajstić information content (AvgIpc) is 2.32. The summed E-state index contributed by atoms with van der Waals surface area (Å²) in [5.41, 5.74) is 0.